The number of nitrogens with zero attached hydrogens (tertiary/aromatic N) is 5. The van der Waals surface area contributed by atoms with Gasteiger partial charge in [-0.05, 0) is 47.7 Å². The monoisotopic (exact) mass is 412 g/mol. The summed E-state index contributed by atoms with van der Waals surface area (Å²) in [5.41, 5.74) is 6.30. The van der Waals surface area contributed by atoms with Gasteiger partial charge in [0.2, 0.25) is 5.82 Å². The average molecular weight is 412 g/mol. The Hall–Kier alpha value is -3.74. The number of nitrogens with one attached hydrogen (secondary N) is 1. The summed E-state index contributed by atoms with van der Waals surface area (Å²) in [5, 5.41) is 14.7. The molecule has 0 unspecified atom stereocenters. The number of aryl methyl sites for hydroxylation is 1. The fourth-order valence-electron chi connectivity index (χ4n) is 4.10. The van der Waals surface area contributed by atoms with Crippen LogP contribution in [0.2, 0.25) is 0 Å². The largest absolute Gasteiger partial charge is 0.488 e. The molecule has 0 atom stereocenters. The number of fused-ring (bicyclic) bond motifs is 1. The van der Waals surface area contributed by atoms with E-state index in [1.807, 2.05) is 31.2 Å². The van der Waals surface area contributed by atoms with Gasteiger partial charge in [0.1, 0.15) is 18.2 Å². The minimum absolute atomic E-state index is 0.458. The van der Waals surface area contributed by atoms with Gasteiger partial charge in [0, 0.05) is 36.5 Å². The summed E-state index contributed by atoms with van der Waals surface area (Å²) in [6.45, 7) is 3.50. The number of ether oxygens (including phenoxy) is 1. The molecule has 0 amide bonds. The van der Waals surface area contributed by atoms with Crippen molar-refractivity contribution in [3.63, 3.8) is 0 Å². The third kappa shape index (κ3) is 3.86. The zero-order chi connectivity index (χ0) is 21.2. The molecule has 0 saturated carbocycles. The number of hydrogen-bond acceptors (Lipinski definition) is 6. The third-order valence-corrected chi connectivity index (χ3v) is 5.62. The highest BCUT2D eigenvalue weighted by atomic mass is 16.5. The van der Waals surface area contributed by atoms with E-state index >= 15 is 0 Å². The van der Waals surface area contributed by atoms with Gasteiger partial charge in [0.15, 0.2) is 0 Å². The van der Waals surface area contributed by atoms with Crippen molar-refractivity contribution >= 4 is 5.82 Å². The quantitative estimate of drug-likeness (QED) is 0.529. The van der Waals surface area contributed by atoms with Crippen molar-refractivity contribution in [2.45, 2.75) is 26.4 Å². The summed E-state index contributed by atoms with van der Waals surface area (Å²) in [7, 11) is 2.09. The second-order valence-electron chi connectivity index (χ2n) is 7.86. The van der Waals surface area contributed by atoms with Crippen molar-refractivity contribution in [3.05, 3.63) is 71.4 Å². The summed E-state index contributed by atoms with van der Waals surface area (Å²) in [4.78, 5) is 6.93. The molecular formula is C24H24N6O. The molecule has 2 aromatic carbocycles. The van der Waals surface area contributed by atoms with Crippen LogP contribution in [0.5, 0.6) is 5.75 Å². The fraction of sp³-hybridized carbons (Fsp3) is 0.250. The highest BCUT2D eigenvalue weighted by Gasteiger charge is 2.20. The third-order valence-electron chi connectivity index (χ3n) is 5.62. The lowest BCUT2D eigenvalue weighted by Gasteiger charge is -2.28. The van der Waals surface area contributed by atoms with Crippen LogP contribution in [0, 0.1) is 6.92 Å². The van der Waals surface area contributed by atoms with Gasteiger partial charge in [-0.15, -0.1) is 10.2 Å². The number of aromatic amines is 1. The number of pyridine rings is 1. The fourth-order valence-corrected chi connectivity index (χ4v) is 4.10. The number of rotatable bonds is 5. The highest BCUT2D eigenvalue weighted by molar-refractivity contribution is 5.80. The van der Waals surface area contributed by atoms with Crippen molar-refractivity contribution in [2.24, 2.45) is 0 Å². The first-order valence-corrected chi connectivity index (χ1v) is 10.5. The van der Waals surface area contributed by atoms with Crippen LogP contribution in [0.3, 0.4) is 0 Å². The summed E-state index contributed by atoms with van der Waals surface area (Å²) >= 11 is 0. The van der Waals surface area contributed by atoms with Gasteiger partial charge in [-0.3, -0.25) is 0 Å². The predicted octanol–water partition coefficient (Wildman–Crippen LogP) is 4.20. The number of benzene rings is 2. The number of H-pyrrole nitrogens is 1. The van der Waals surface area contributed by atoms with Gasteiger partial charge in [-0.2, -0.15) is 5.21 Å². The first kappa shape index (κ1) is 19.2. The summed E-state index contributed by atoms with van der Waals surface area (Å²) < 4.78 is 6.31. The zero-order valence-corrected chi connectivity index (χ0v) is 17.7. The molecule has 1 aliphatic rings. The van der Waals surface area contributed by atoms with E-state index in [0.717, 1.165) is 58.9 Å². The molecule has 0 bridgehead atoms. The molecule has 156 valence electrons. The lowest BCUT2D eigenvalue weighted by atomic mass is 9.97. The van der Waals surface area contributed by atoms with Crippen molar-refractivity contribution in [1.82, 2.24) is 25.6 Å². The maximum Gasteiger partial charge on any atom is 0.205 e. The highest BCUT2D eigenvalue weighted by Crippen LogP contribution is 2.34. The van der Waals surface area contributed by atoms with E-state index in [2.05, 4.69) is 62.9 Å². The molecule has 2 aromatic heterocycles. The minimum atomic E-state index is 0.458. The Labute approximate surface area is 181 Å². The first-order chi connectivity index (χ1) is 15.2. The molecule has 1 N–H and O–H groups in total. The molecule has 7 heteroatoms. The number of aromatic nitrogens is 5. The second-order valence-corrected chi connectivity index (χ2v) is 7.86. The van der Waals surface area contributed by atoms with E-state index < -0.39 is 0 Å². The van der Waals surface area contributed by atoms with E-state index in [0.29, 0.717) is 12.4 Å². The lowest BCUT2D eigenvalue weighted by Crippen LogP contribution is -2.26. The summed E-state index contributed by atoms with van der Waals surface area (Å²) in [5.74, 6) is 2.52. The van der Waals surface area contributed by atoms with Crippen LogP contribution < -0.4 is 9.64 Å². The molecule has 0 saturated heterocycles. The van der Waals surface area contributed by atoms with Crippen LogP contribution in [-0.2, 0) is 13.0 Å². The van der Waals surface area contributed by atoms with E-state index in [1.54, 1.807) is 0 Å². The molecule has 5 rings (SSSR count). The van der Waals surface area contributed by atoms with Crippen LogP contribution in [0.1, 0.15) is 23.2 Å². The standard InChI is InChI=1S/C24H24N6O/c1-16-13-22(20-9-6-12-30(2)24(20)25-16)31-15-17-10-11-19(18-7-4-3-5-8-18)21(14-17)23-26-28-29-27-23/h3-5,7-8,10-11,13-14H,6,9,12,15H2,1-2H3,(H,26,27,28,29). The Balaban J connectivity index is 1.47. The normalized spacial score (nSPS) is 13.2. The average Bonchev–Trinajstić information content (AvgIpc) is 3.33. The van der Waals surface area contributed by atoms with Gasteiger partial charge < -0.3 is 9.64 Å². The summed E-state index contributed by atoms with van der Waals surface area (Å²) in [6.07, 6.45) is 2.10. The molecule has 3 heterocycles. The van der Waals surface area contributed by atoms with E-state index in [4.69, 9.17) is 9.72 Å². The Kier molecular flexibility index (Phi) is 5.08. The van der Waals surface area contributed by atoms with Gasteiger partial charge in [-0.1, -0.05) is 42.5 Å². The Morgan fingerprint density at radius 3 is 2.74 bits per heavy atom. The molecule has 0 fully saturated rings. The Morgan fingerprint density at radius 1 is 1.06 bits per heavy atom. The molecule has 0 aliphatic carbocycles. The number of anilines is 1. The Bertz CT molecular complexity index is 1190. The van der Waals surface area contributed by atoms with Crippen molar-refractivity contribution in [2.75, 3.05) is 18.5 Å². The SMILES string of the molecule is Cc1cc(OCc2ccc(-c3ccccc3)c(-c3nn[nH]n3)c2)c2c(n1)N(C)CCC2. The van der Waals surface area contributed by atoms with Crippen LogP contribution >= 0.6 is 0 Å². The van der Waals surface area contributed by atoms with Crippen molar-refractivity contribution in [3.8, 4) is 28.3 Å². The molecule has 0 radical (unpaired) electrons. The lowest BCUT2D eigenvalue weighted by molar-refractivity contribution is 0.301. The van der Waals surface area contributed by atoms with Gasteiger partial charge in [-0.25, -0.2) is 4.98 Å². The Morgan fingerprint density at radius 2 is 1.94 bits per heavy atom. The summed E-state index contributed by atoms with van der Waals surface area (Å²) in [6, 6.07) is 18.5. The van der Waals surface area contributed by atoms with Crippen LogP contribution in [-0.4, -0.2) is 39.2 Å². The van der Waals surface area contributed by atoms with Crippen molar-refractivity contribution in [1.29, 1.82) is 0 Å². The predicted molar refractivity (Wildman–Crippen MR) is 120 cm³/mol. The first-order valence-electron chi connectivity index (χ1n) is 10.5. The molecule has 4 aromatic rings. The van der Waals surface area contributed by atoms with Gasteiger partial charge in [0.05, 0.1) is 0 Å². The molecule has 1 aliphatic heterocycles. The van der Waals surface area contributed by atoms with Gasteiger partial charge in [0.25, 0.3) is 0 Å². The smallest absolute Gasteiger partial charge is 0.205 e. The minimum Gasteiger partial charge on any atom is -0.488 e. The van der Waals surface area contributed by atoms with Crippen LogP contribution in [0.4, 0.5) is 5.82 Å². The molecule has 31 heavy (non-hydrogen) atoms. The molecule has 7 nitrogen and oxygen atoms in total. The maximum atomic E-state index is 6.31. The maximum absolute atomic E-state index is 6.31. The molecule has 0 spiro atoms. The zero-order valence-electron chi connectivity index (χ0n) is 17.7. The van der Waals surface area contributed by atoms with E-state index in [-0.39, 0.29) is 0 Å². The molecular weight excluding hydrogens is 388 g/mol. The van der Waals surface area contributed by atoms with E-state index in [1.165, 1.54) is 5.56 Å². The number of hydrogen-bond donors (Lipinski definition) is 1. The van der Waals surface area contributed by atoms with Crippen LogP contribution in [0.15, 0.2) is 54.6 Å². The van der Waals surface area contributed by atoms with Gasteiger partial charge >= 0.3 is 0 Å². The second kappa shape index (κ2) is 8.18. The topological polar surface area (TPSA) is 79.8 Å². The van der Waals surface area contributed by atoms with E-state index in [9.17, 15) is 0 Å². The number of tetrazole rings is 1. The van der Waals surface area contributed by atoms with Crippen LogP contribution in [0.25, 0.3) is 22.5 Å². The van der Waals surface area contributed by atoms with Crippen molar-refractivity contribution < 1.29 is 4.74 Å².